The minimum Gasteiger partial charge on any atom is -0.462 e. The Hall–Kier alpha value is -2.91. The van der Waals surface area contributed by atoms with Gasteiger partial charge in [-0.05, 0) is 52.0 Å². The number of methoxy groups -OCH3 is 1. The van der Waals surface area contributed by atoms with Gasteiger partial charge in [0.2, 0.25) is 11.8 Å². The number of aliphatic hydroxyl groups is 1. The number of esters is 1. The Morgan fingerprint density at radius 1 is 1.30 bits per heavy atom. The third kappa shape index (κ3) is 7.43. The second-order valence-electron chi connectivity index (χ2n) is 10.6. The van der Waals surface area contributed by atoms with E-state index < -0.39 is 68.3 Å². The summed E-state index contributed by atoms with van der Waals surface area (Å²) in [7, 11) is -3.05. The van der Waals surface area contributed by atoms with Crippen LogP contribution in [0.15, 0.2) is 48.1 Å². The number of nitrogens with one attached hydrogen (secondary N) is 2. The maximum atomic E-state index is 16.0. The van der Waals surface area contributed by atoms with Crippen molar-refractivity contribution in [1.29, 1.82) is 0 Å². The number of hydrogen-bond donors (Lipinski definition) is 3. The molecule has 1 fully saturated rings. The lowest BCUT2D eigenvalue weighted by atomic mass is 9.97. The zero-order chi connectivity index (χ0) is 31.6. The van der Waals surface area contributed by atoms with Crippen molar-refractivity contribution in [2.24, 2.45) is 0 Å². The van der Waals surface area contributed by atoms with Gasteiger partial charge in [0.05, 0.1) is 12.7 Å². The highest BCUT2D eigenvalue weighted by molar-refractivity contribution is 7.52. The monoisotopic (exact) mass is 642 g/mol. The van der Waals surface area contributed by atoms with Gasteiger partial charge in [0.25, 0.3) is 0 Å². The van der Waals surface area contributed by atoms with Crippen LogP contribution in [0, 0.1) is 0 Å². The molecule has 0 spiro atoms. The molecular formula is C27H36FN4O9PS. The molecule has 3 heterocycles. The number of aromatic nitrogens is 1. The Bertz CT molecular complexity index is 1360. The first-order valence-corrected chi connectivity index (χ1v) is 15.9. The molecule has 236 valence electrons. The summed E-state index contributed by atoms with van der Waals surface area (Å²) in [5.41, 5.74) is -1.58. The highest BCUT2D eigenvalue weighted by Gasteiger charge is 2.59. The van der Waals surface area contributed by atoms with Gasteiger partial charge in [0, 0.05) is 43.4 Å². The van der Waals surface area contributed by atoms with Crippen molar-refractivity contribution in [2.75, 3.05) is 13.7 Å². The van der Waals surface area contributed by atoms with Crippen LogP contribution in [-0.2, 0) is 32.9 Å². The number of hydrogen-bond acceptors (Lipinski definition) is 12. The summed E-state index contributed by atoms with van der Waals surface area (Å²) in [6.45, 7) is 6.79. The molecule has 4 rings (SSSR count). The number of aliphatic hydroxyl groups excluding tert-OH is 1. The lowest BCUT2D eigenvalue weighted by molar-refractivity contribution is -0.213. The molecule has 1 amide bonds. The second kappa shape index (κ2) is 13.0. The minimum atomic E-state index is -4.37. The maximum absolute atomic E-state index is 16.0. The molecule has 3 N–H and O–H groups in total. The number of alkyl halides is 1. The molecule has 2 aromatic rings. The fourth-order valence-corrected chi connectivity index (χ4v) is 6.63. The summed E-state index contributed by atoms with van der Waals surface area (Å²) in [4.78, 5) is 30.0. The van der Waals surface area contributed by atoms with Gasteiger partial charge in [-0.2, -0.15) is 5.09 Å². The molecular weight excluding hydrogens is 606 g/mol. The van der Waals surface area contributed by atoms with Gasteiger partial charge in [-0.15, -0.1) is 11.3 Å². The van der Waals surface area contributed by atoms with Crippen LogP contribution in [0.2, 0.25) is 0 Å². The average Bonchev–Trinajstić information content (AvgIpc) is 3.55. The summed E-state index contributed by atoms with van der Waals surface area (Å²) in [6.07, 6.45) is -0.815. The Balaban J connectivity index is 1.53. The number of nitrogens with zero attached hydrogens (tertiary/aromatic N) is 2. The standard InChI is InChI=1S/C27H36FN4O9PS/c1-16(2)39-24(35)17(3)31-42(36,41-19-9-7-18(8-10-19)23-29-12-14-43-23)38-15-20-22(34)26(4,28)25(40-20)32-13-11-21(33)30-27(32,5)37-6/h7-14,16-17,20,22,25,34H,15H2,1-6H3,(H,30,33)(H,31,36)/t17-,20+,22+,25+,26+,27?,42?/m0/s1. The highest BCUT2D eigenvalue weighted by atomic mass is 32.1. The van der Waals surface area contributed by atoms with Gasteiger partial charge < -0.3 is 34.1 Å². The highest BCUT2D eigenvalue weighted by Crippen LogP contribution is 2.47. The van der Waals surface area contributed by atoms with Crippen LogP contribution in [0.1, 0.15) is 34.6 Å². The van der Waals surface area contributed by atoms with Crippen molar-refractivity contribution < 1.29 is 46.9 Å². The smallest absolute Gasteiger partial charge is 0.459 e. The third-order valence-corrected chi connectivity index (χ3v) is 9.29. The molecule has 0 aliphatic carbocycles. The van der Waals surface area contributed by atoms with Crippen molar-refractivity contribution in [3.8, 4) is 16.3 Å². The molecule has 1 aromatic carbocycles. The fraction of sp³-hybridized carbons (Fsp3) is 0.519. The number of amides is 1. The summed E-state index contributed by atoms with van der Waals surface area (Å²) in [5.74, 6) is -2.51. The van der Waals surface area contributed by atoms with Crippen molar-refractivity contribution in [3.05, 3.63) is 48.1 Å². The quantitative estimate of drug-likeness (QED) is 0.230. The van der Waals surface area contributed by atoms with E-state index in [0.717, 1.165) is 17.5 Å². The number of carbonyl (C=O) groups is 2. The molecule has 2 unspecified atom stereocenters. The molecule has 2 aliphatic heterocycles. The van der Waals surface area contributed by atoms with Crippen molar-refractivity contribution in [3.63, 3.8) is 0 Å². The maximum Gasteiger partial charge on any atom is 0.459 e. The van der Waals surface area contributed by atoms with Crippen LogP contribution in [-0.4, -0.2) is 82.7 Å². The summed E-state index contributed by atoms with van der Waals surface area (Å²) >= 11 is 1.45. The van der Waals surface area contributed by atoms with Crippen LogP contribution >= 0.6 is 19.1 Å². The van der Waals surface area contributed by atoms with E-state index in [-0.39, 0.29) is 5.75 Å². The largest absolute Gasteiger partial charge is 0.462 e. The van der Waals surface area contributed by atoms with Gasteiger partial charge in [-0.3, -0.25) is 14.1 Å². The molecule has 2 aliphatic rings. The lowest BCUT2D eigenvalue weighted by Gasteiger charge is -2.46. The van der Waals surface area contributed by atoms with Crippen molar-refractivity contribution >= 4 is 31.0 Å². The van der Waals surface area contributed by atoms with Gasteiger partial charge in [0.15, 0.2) is 11.9 Å². The molecule has 0 bridgehead atoms. The van der Waals surface area contributed by atoms with E-state index in [0.29, 0.717) is 0 Å². The van der Waals surface area contributed by atoms with Crippen LogP contribution in [0.3, 0.4) is 0 Å². The number of thiazole rings is 1. The SMILES string of the molecule is COC1(C)NC(=O)C=CN1[C@@H]1O[C@H](COP(=O)(N[C@@H](C)C(=O)OC(C)C)Oc2ccc(-c3nccs3)cc2)[C@@H](O)[C@@]1(C)F. The predicted octanol–water partition coefficient (Wildman–Crippen LogP) is 3.32. The van der Waals surface area contributed by atoms with Crippen molar-refractivity contribution in [2.45, 2.75) is 76.7 Å². The van der Waals surface area contributed by atoms with Crippen molar-refractivity contribution in [1.82, 2.24) is 20.3 Å². The number of halogens is 1. The third-order valence-electron chi connectivity index (χ3n) is 6.83. The van der Waals surface area contributed by atoms with E-state index in [1.165, 1.54) is 49.5 Å². The summed E-state index contributed by atoms with van der Waals surface area (Å²) in [6, 6.07) is 5.43. The Morgan fingerprint density at radius 2 is 2.00 bits per heavy atom. The van der Waals surface area contributed by atoms with E-state index in [4.69, 9.17) is 23.3 Å². The van der Waals surface area contributed by atoms with E-state index >= 15 is 4.39 Å². The summed E-state index contributed by atoms with van der Waals surface area (Å²) < 4.78 is 57.8. The average molecular weight is 643 g/mol. The first kappa shape index (κ1) is 33.0. The van der Waals surface area contributed by atoms with E-state index in [2.05, 4.69) is 15.4 Å². The fourth-order valence-electron chi connectivity index (χ4n) is 4.48. The molecule has 0 saturated carbocycles. The normalized spacial score (nSPS) is 29.3. The Labute approximate surface area is 252 Å². The zero-order valence-electron chi connectivity index (χ0n) is 24.6. The first-order valence-electron chi connectivity index (χ1n) is 13.5. The number of ether oxygens (including phenoxy) is 3. The topological polar surface area (TPSA) is 158 Å². The Kier molecular flexibility index (Phi) is 9.96. The first-order chi connectivity index (χ1) is 20.2. The number of rotatable bonds is 12. The van der Waals surface area contributed by atoms with Crippen LogP contribution < -0.4 is 14.9 Å². The molecule has 7 atom stereocenters. The molecule has 16 heteroatoms. The van der Waals surface area contributed by atoms with Gasteiger partial charge >= 0.3 is 13.7 Å². The van der Waals surface area contributed by atoms with E-state index in [1.807, 2.05) is 5.38 Å². The number of carbonyl (C=O) groups excluding carboxylic acids is 2. The molecule has 43 heavy (non-hydrogen) atoms. The Morgan fingerprint density at radius 3 is 2.60 bits per heavy atom. The minimum absolute atomic E-state index is 0.145. The molecule has 1 saturated heterocycles. The lowest BCUT2D eigenvalue weighted by Crippen LogP contribution is -2.66. The van der Waals surface area contributed by atoms with Crippen LogP contribution in [0.4, 0.5) is 4.39 Å². The summed E-state index contributed by atoms with van der Waals surface area (Å²) in [5, 5.41) is 18.6. The van der Waals surface area contributed by atoms with Crippen LogP contribution in [0.5, 0.6) is 5.75 Å². The predicted molar refractivity (Wildman–Crippen MR) is 154 cm³/mol. The van der Waals surface area contributed by atoms with Crippen LogP contribution in [0.25, 0.3) is 10.6 Å². The number of benzene rings is 1. The van der Waals surface area contributed by atoms with Gasteiger partial charge in [-0.1, -0.05) is 0 Å². The molecule has 1 aromatic heterocycles. The van der Waals surface area contributed by atoms with Gasteiger partial charge in [0.1, 0.15) is 29.0 Å². The molecule has 13 nitrogen and oxygen atoms in total. The second-order valence-corrected chi connectivity index (χ2v) is 13.2. The zero-order valence-corrected chi connectivity index (χ0v) is 26.3. The molecule has 0 radical (unpaired) electrons. The van der Waals surface area contributed by atoms with E-state index in [9.17, 15) is 19.3 Å². The van der Waals surface area contributed by atoms with E-state index in [1.54, 1.807) is 44.3 Å². The van der Waals surface area contributed by atoms with Gasteiger partial charge in [-0.25, -0.2) is 13.9 Å².